The zero-order valence-electron chi connectivity index (χ0n) is 15.7. The second-order valence-electron chi connectivity index (χ2n) is 6.66. The lowest BCUT2D eigenvalue weighted by Gasteiger charge is -2.08. The van der Waals surface area contributed by atoms with Crippen molar-refractivity contribution in [3.05, 3.63) is 65.2 Å². The number of amides is 1. The maximum atomic E-state index is 12.2. The van der Waals surface area contributed by atoms with Crippen LogP contribution in [-0.4, -0.2) is 22.8 Å². The second kappa shape index (κ2) is 9.67. The molecule has 0 bridgehead atoms. The molecule has 0 spiro atoms. The topological polar surface area (TPSA) is 83.5 Å². The molecule has 1 unspecified atom stereocenters. The predicted octanol–water partition coefficient (Wildman–Crippen LogP) is 4.11. The van der Waals surface area contributed by atoms with Gasteiger partial charge in [0.25, 0.3) is 0 Å². The first-order chi connectivity index (χ1) is 12.9. The molecule has 142 valence electrons. The average molecular weight is 367 g/mol. The monoisotopic (exact) mass is 367 g/mol. The van der Waals surface area contributed by atoms with Gasteiger partial charge in [-0.3, -0.25) is 14.4 Å². The second-order valence-corrected chi connectivity index (χ2v) is 6.66. The van der Waals surface area contributed by atoms with Crippen LogP contribution in [0.4, 0.5) is 5.69 Å². The summed E-state index contributed by atoms with van der Waals surface area (Å²) in [4.78, 5) is 35.1. The molecule has 1 atom stereocenters. The maximum absolute atomic E-state index is 12.2. The molecule has 0 heterocycles. The van der Waals surface area contributed by atoms with Crippen molar-refractivity contribution in [2.75, 3.05) is 5.32 Å². The Labute approximate surface area is 159 Å². The smallest absolute Gasteiger partial charge is 0.306 e. The van der Waals surface area contributed by atoms with E-state index in [1.54, 1.807) is 43.3 Å². The normalized spacial score (nSPS) is 11.6. The van der Waals surface area contributed by atoms with Crippen LogP contribution in [0.25, 0.3) is 0 Å². The minimum absolute atomic E-state index is 0.0502. The van der Waals surface area contributed by atoms with Crippen molar-refractivity contribution in [2.45, 2.75) is 39.5 Å². The Morgan fingerprint density at radius 3 is 2.07 bits per heavy atom. The van der Waals surface area contributed by atoms with Crippen LogP contribution in [0.2, 0.25) is 0 Å². The fraction of sp³-hybridized carbons (Fsp3) is 0.318. The highest BCUT2D eigenvalue weighted by Gasteiger charge is 2.12. The van der Waals surface area contributed by atoms with Gasteiger partial charge in [-0.15, -0.1) is 0 Å². The Bertz CT molecular complexity index is 794. The van der Waals surface area contributed by atoms with Crippen LogP contribution in [0.15, 0.2) is 48.5 Å². The summed E-state index contributed by atoms with van der Waals surface area (Å²) in [7, 11) is 0. The van der Waals surface area contributed by atoms with Crippen LogP contribution in [0.5, 0.6) is 0 Å². The molecule has 2 aromatic rings. The highest BCUT2D eigenvalue weighted by molar-refractivity contribution is 6.00. The van der Waals surface area contributed by atoms with Crippen LogP contribution >= 0.6 is 0 Å². The Morgan fingerprint density at radius 2 is 1.52 bits per heavy atom. The van der Waals surface area contributed by atoms with Gasteiger partial charge in [0.05, 0.1) is 5.92 Å². The molecule has 27 heavy (non-hydrogen) atoms. The summed E-state index contributed by atoms with van der Waals surface area (Å²) in [6.07, 6.45) is 1.64. The molecule has 0 fully saturated rings. The zero-order chi connectivity index (χ0) is 19.8. The van der Waals surface area contributed by atoms with Gasteiger partial charge in [-0.05, 0) is 36.1 Å². The zero-order valence-corrected chi connectivity index (χ0v) is 15.7. The number of carbonyl (C=O) groups excluding carboxylic acids is 2. The van der Waals surface area contributed by atoms with Crippen LogP contribution in [0.1, 0.15) is 48.2 Å². The number of hydrogen-bond acceptors (Lipinski definition) is 3. The van der Waals surface area contributed by atoms with E-state index >= 15 is 0 Å². The lowest BCUT2D eigenvalue weighted by Crippen LogP contribution is -2.14. The first-order valence-electron chi connectivity index (χ1n) is 9.12. The van der Waals surface area contributed by atoms with Crippen molar-refractivity contribution >= 4 is 23.3 Å². The number of rotatable bonds is 9. The summed E-state index contributed by atoms with van der Waals surface area (Å²) in [6, 6.07) is 14.6. The Kier molecular flexibility index (Phi) is 7.29. The third-order valence-electron chi connectivity index (χ3n) is 4.46. The fourth-order valence-electron chi connectivity index (χ4n) is 2.69. The molecule has 0 aliphatic rings. The SMILES string of the molecule is CCc1ccc(C(=O)CCC(=O)Nc2ccc(CC(C)C(=O)O)cc2)cc1. The number of nitrogens with one attached hydrogen (secondary N) is 1. The standard InChI is InChI=1S/C22H25NO4/c1-3-16-4-8-18(9-5-16)20(24)12-13-21(25)23-19-10-6-17(7-11-19)14-15(2)22(26)27/h4-11,15H,3,12-14H2,1-2H3,(H,23,25)(H,26,27). The Hall–Kier alpha value is -2.95. The molecule has 5 nitrogen and oxygen atoms in total. The summed E-state index contributed by atoms with van der Waals surface area (Å²) >= 11 is 0. The first kappa shape index (κ1) is 20.4. The van der Waals surface area contributed by atoms with Gasteiger partial charge in [-0.2, -0.15) is 0 Å². The predicted molar refractivity (Wildman–Crippen MR) is 105 cm³/mol. The minimum atomic E-state index is -0.832. The van der Waals surface area contributed by atoms with Gasteiger partial charge >= 0.3 is 5.97 Å². The molecule has 0 aromatic heterocycles. The van der Waals surface area contributed by atoms with Crippen LogP contribution in [0, 0.1) is 5.92 Å². The lowest BCUT2D eigenvalue weighted by atomic mass is 10.0. The number of carboxylic acids is 1. The summed E-state index contributed by atoms with van der Waals surface area (Å²) in [5.41, 5.74) is 3.32. The molecule has 2 aromatic carbocycles. The maximum Gasteiger partial charge on any atom is 0.306 e. The van der Waals surface area contributed by atoms with Gasteiger partial charge in [0.2, 0.25) is 5.91 Å². The van der Waals surface area contributed by atoms with Gasteiger partial charge < -0.3 is 10.4 Å². The lowest BCUT2D eigenvalue weighted by molar-refractivity contribution is -0.141. The average Bonchev–Trinajstić information content (AvgIpc) is 2.67. The Morgan fingerprint density at radius 1 is 0.926 bits per heavy atom. The van der Waals surface area contributed by atoms with Gasteiger partial charge in [-0.25, -0.2) is 0 Å². The van der Waals surface area contributed by atoms with Crippen molar-refractivity contribution < 1.29 is 19.5 Å². The highest BCUT2D eigenvalue weighted by Crippen LogP contribution is 2.15. The highest BCUT2D eigenvalue weighted by atomic mass is 16.4. The number of benzene rings is 2. The van der Waals surface area contributed by atoms with Crippen LogP contribution < -0.4 is 5.32 Å². The van der Waals surface area contributed by atoms with E-state index in [0.717, 1.165) is 12.0 Å². The molecular weight excluding hydrogens is 342 g/mol. The molecular formula is C22H25NO4. The molecule has 0 aliphatic heterocycles. The van der Waals surface area contributed by atoms with E-state index in [9.17, 15) is 14.4 Å². The van der Waals surface area contributed by atoms with E-state index in [-0.39, 0.29) is 24.5 Å². The molecule has 0 saturated carbocycles. The summed E-state index contributed by atoms with van der Waals surface area (Å²) in [6.45, 7) is 3.71. The number of hydrogen-bond donors (Lipinski definition) is 2. The Balaban J connectivity index is 1.82. The van der Waals surface area contributed by atoms with Gasteiger partial charge in [0.1, 0.15) is 0 Å². The molecule has 0 radical (unpaired) electrons. The number of carbonyl (C=O) groups is 3. The third-order valence-corrected chi connectivity index (χ3v) is 4.46. The van der Waals surface area contributed by atoms with E-state index in [4.69, 9.17) is 5.11 Å². The van der Waals surface area contributed by atoms with Crippen LogP contribution in [-0.2, 0) is 22.4 Å². The minimum Gasteiger partial charge on any atom is -0.481 e. The van der Waals surface area contributed by atoms with Gasteiger partial charge in [-0.1, -0.05) is 50.2 Å². The first-order valence-corrected chi connectivity index (χ1v) is 9.12. The van der Waals surface area contributed by atoms with Crippen molar-refractivity contribution in [3.63, 3.8) is 0 Å². The van der Waals surface area contributed by atoms with E-state index in [2.05, 4.69) is 12.2 Å². The van der Waals surface area contributed by atoms with Gasteiger partial charge in [0, 0.05) is 24.1 Å². The molecule has 1 amide bonds. The largest absolute Gasteiger partial charge is 0.481 e. The van der Waals surface area contributed by atoms with E-state index in [1.807, 2.05) is 12.1 Å². The molecule has 2 rings (SSSR count). The number of ketones is 1. The molecule has 2 N–H and O–H groups in total. The van der Waals surface area contributed by atoms with E-state index in [1.165, 1.54) is 5.56 Å². The fourth-order valence-corrected chi connectivity index (χ4v) is 2.69. The molecule has 5 heteroatoms. The number of anilines is 1. The number of Topliss-reactive ketones (excluding diaryl/α,β-unsaturated/α-hetero) is 1. The van der Waals surface area contributed by atoms with E-state index in [0.29, 0.717) is 17.7 Å². The third kappa shape index (κ3) is 6.37. The van der Waals surface area contributed by atoms with Crippen molar-refractivity contribution in [1.82, 2.24) is 0 Å². The summed E-state index contributed by atoms with van der Waals surface area (Å²) in [5.74, 6) is -1.56. The van der Waals surface area contributed by atoms with Crippen molar-refractivity contribution in [2.24, 2.45) is 5.92 Å². The molecule has 0 saturated heterocycles. The van der Waals surface area contributed by atoms with Crippen LogP contribution in [0.3, 0.4) is 0 Å². The number of aliphatic carboxylic acids is 1. The number of aryl methyl sites for hydroxylation is 1. The summed E-state index contributed by atoms with van der Waals surface area (Å²) in [5, 5.41) is 11.7. The molecule has 0 aliphatic carbocycles. The van der Waals surface area contributed by atoms with E-state index < -0.39 is 11.9 Å². The summed E-state index contributed by atoms with van der Waals surface area (Å²) < 4.78 is 0. The van der Waals surface area contributed by atoms with Crippen molar-refractivity contribution in [1.29, 1.82) is 0 Å². The quantitative estimate of drug-likeness (QED) is 0.653. The number of carboxylic acid groups (broad SMARTS) is 1. The van der Waals surface area contributed by atoms with Crippen molar-refractivity contribution in [3.8, 4) is 0 Å². The van der Waals surface area contributed by atoms with Gasteiger partial charge in [0.15, 0.2) is 5.78 Å².